The third kappa shape index (κ3) is 4.20. The number of nitrogens with one attached hydrogen (secondary N) is 1. The van der Waals surface area contributed by atoms with Crippen LogP contribution in [0.3, 0.4) is 0 Å². The van der Waals surface area contributed by atoms with Crippen molar-refractivity contribution in [3.63, 3.8) is 0 Å². The number of ether oxygens (including phenoxy) is 1. The summed E-state index contributed by atoms with van der Waals surface area (Å²) in [5, 5.41) is 3.61. The predicted molar refractivity (Wildman–Crippen MR) is 112 cm³/mol. The summed E-state index contributed by atoms with van der Waals surface area (Å²) in [6.07, 6.45) is 0. The number of amides is 1. The van der Waals surface area contributed by atoms with Gasteiger partial charge < -0.3 is 10.1 Å². The Bertz CT molecular complexity index is 1080. The lowest BCUT2D eigenvalue weighted by Crippen LogP contribution is -2.31. The van der Waals surface area contributed by atoms with Crippen LogP contribution >= 0.6 is 11.8 Å². The molecule has 1 amide bonds. The molecular weight excluding hydrogens is 374 g/mol. The maximum absolute atomic E-state index is 12.6. The molecule has 0 radical (unpaired) electrons. The molecule has 3 aromatic rings. The van der Waals surface area contributed by atoms with E-state index >= 15 is 0 Å². The van der Waals surface area contributed by atoms with Crippen molar-refractivity contribution in [2.75, 3.05) is 7.11 Å². The smallest absolute Gasteiger partial charge is 0.261 e. The van der Waals surface area contributed by atoms with E-state index in [1.807, 2.05) is 49.4 Å². The first-order valence-corrected chi connectivity index (χ1v) is 9.82. The Morgan fingerprint density at radius 3 is 2.79 bits per heavy atom. The van der Waals surface area contributed by atoms with Crippen molar-refractivity contribution in [1.82, 2.24) is 14.9 Å². The second-order valence-electron chi connectivity index (χ2n) is 6.57. The summed E-state index contributed by atoms with van der Waals surface area (Å²) in [5.74, 6) is 0.603. The van der Waals surface area contributed by atoms with Crippen LogP contribution in [0, 0.1) is 6.92 Å². The minimum Gasteiger partial charge on any atom is -0.496 e. The fraction of sp³-hybridized carbons (Fsp3) is 0.286. The molecule has 0 aliphatic heterocycles. The first kappa shape index (κ1) is 19.9. The van der Waals surface area contributed by atoms with Gasteiger partial charge in [-0.1, -0.05) is 41.6 Å². The largest absolute Gasteiger partial charge is 0.496 e. The molecule has 3 rings (SSSR count). The van der Waals surface area contributed by atoms with Gasteiger partial charge in [0.2, 0.25) is 5.91 Å². The standard InChI is InChI=1S/C21H23N3O3S/c1-13-9-10-17-16(11-13)20(26)24(3)21(23-17)28-14(2)19(25)22-12-15-7-5-6-8-18(15)27-4/h5-11,14H,12H2,1-4H3,(H,22,25). The van der Waals surface area contributed by atoms with E-state index in [1.165, 1.54) is 16.3 Å². The van der Waals surface area contributed by atoms with E-state index in [0.29, 0.717) is 22.6 Å². The number of benzene rings is 2. The average Bonchev–Trinajstić information content (AvgIpc) is 2.70. The van der Waals surface area contributed by atoms with Gasteiger partial charge in [0.05, 0.1) is 23.3 Å². The van der Waals surface area contributed by atoms with Gasteiger partial charge in [-0.2, -0.15) is 0 Å². The van der Waals surface area contributed by atoms with Crippen LogP contribution in [0.15, 0.2) is 52.4 Å². The van der Waals surface area contributed by atoms with E-state index in [2.05, 4.69) is 10.3 Å². The number of aryl methyl sites for hydroxylation is 1. The molecule has 7 heteroatoms. The Hall–Kier alpha value is -2.80. The highest BCUT2D eigenvalue weighted by Crippen LogP contribution is 2.23. The SMILES string of the molecule is COc1ccccc1CNC(=O)C(C)Sc1nc2ccc(C)cc2c(=O)n1C. The number of methoxy groups -OCH3 is 1. The Morgan fingerprint density at radius 1 is 1.29 bits per heavy atom. The first-order chi connectivity index (χ1) is 13.4. The van der Waals surface area contributed by atoms with E-state index in [-0.39, 0.29) is 11.5 Å². The summed E-state index contributed by atoms with van der Waals surface area (Å²) in [6, 6.07) is 13.1. The number of carbonyl (C=O) groups excluding carboxylic acids is 1. The quantitative estimate of drug-likeness (QED) is 0.511. The monoisotopic (exact) mass is 397 g/mol. The molecule has 1 unspecified atom stereocenters. The molecular formula is C21H23N3O3S. The Kier molecular flexibility index (Phi) is 6.04. The number of para-hydroxylation sites is 1. The van der Waals surface area contributed by atoms with Crippen molar-refractivity contribution in [3.05, 3.63) is 63.9 Å². The zero-order chi connectivity index (χ0) is 20.3. The van der Waals surface area contributed by atoms with Gasteiger partial charge in [0.25, 0.3) is 5.56 Å². The molecule has 6 nitrogen and oxygen atoms in total. The van der Waals surface area contributed by atoms with Crippen LogP contribution in [0.2, 0.25) is 0 Å². The van der Waals surface area contributed by atoms with E-state index in [0.717, 1.165) is 16.9 Å². The van der Waals surface area contributed by atoms with Gasteiger partial charge in [0.15, 0.2) is 5.16 Å². The topological polar surface area (TPSA) is 73.2 Å². The molecule has 146 valence electrons. The van der Waals surface area contributed by atoms with Crippen molar-refractivity contribution in [2.45, 2.75) is 30.8 Å². The Labute approximate surface area is 167 Å². The lowest BCUT2D eigenvalue weighted by molar-refractivity contribution is -0.120. The van der Waals surface area contributed by atoms with Crippen molar-refractivity contribution < 1.29 is 9.53 Å². The molecule has 28 heavy (non-hydrogen) atoms. The van der Waals surface area contributed by atoms with Crippen LogP contribution < -0.4 is 15.6 Å². The number of fused-ring (bicyclic) bond motifs is 1. The molecule has 0 aliphatic carbocycles. The molecule has 0 fully saturated rings. The molecule has 1 aromatic heterocycles. The second kappa shape index (κ2) is 8.48. The second-order valence-corrected chi connectivity index (χ2v) is 7.88. The van der Waals surface area contributed by atoms with Gasteiger partial charge in [-0.15, -0.1) is 0 Å². The Morgan fingerprint density at radius 2 is 2.04 bits per heavy atom. The highest BCUT2D eigenvalue weighted by Gasteiger charge is 2.18. The summed E-state index contributed by atoms with van der Waals surface area (Å²) < 4.78 is 6.80. The molecule has 2 aromatic carbocycles. The highest BCUT2D eigenvalue weighted by molar-refractivity contribution is 8.00. The summed E-state index contributed by atoms with van der Waals surface area (Å²) >= 11 is 1.27. The van der Waals surface area contributed by atoms with Crippen LogP contribution in [0.4, 0.5) is 0 Å². The van der Waals surface area contributed by atoms with Crippen LogP contribution in [0.1, 0.15) is 18.1 Å². The summed E-state index contributed by atoms with van der Waals surface area (Å²) in [4.78, 5) is 29.7. The fourth-order valence-electron chi connectivity index (χ4n) is 2.86. The number of nitrogens with zero attached hydrogens (tertiary/aromatic N) is 2. The lowest BCUT2D eigenvalue weighted by atomic mass is 10.2. The van der Waals surface area contributed by atoms with Gasteiger partial charge in [0.1, 0.15) is 5.75 Å². The lowest BCUT2D eigenvalue weighted by Gasteiger charge is -2.15. The van der Waals surface area contributed by atoms with E-state index in [1.54, 1.807) is 21.1 Å². The number of aromatic nitrogens is 2. The molecule has 1 atom stereocenters. The fourth-order valence-corrected chi connectivity index (χ4v) is 3.76. The van der Waals surface area contributed by atoms with Crippen LogP contribution in [-0.4, -0.2) is 27.8 Å². The number of thioether (sulfide) groups is 1. The molecule has 0 aliphatic rings. The predicted octanol–water partition coefficient (Wildman–Crippen LogP) is 3.05. The van der Waals surface area contributed by atoms with E-state index in [9.17, 15) is 9.59 Å². The molecule has 0 saturated carbocycles. The molecule has 1 N–H and O–H groups in total. The zero-order valence-electron chi connectivity index (χ0n) is 16.4. The summed E-state index contributed by atoms with van der Waals surface area (Å²) in [7, 11) is 3.28. The molecule has 0 bridgehead atoms. The maximum Gasteiger partial charge on any atom is 0.261 e. The van der Waals surface area contributed by atoms with E-state index < -0.39 is 5.25 Å². The van der Waals surface area contributed by atoms with Crippen LogP contribution in [-0.2, 0) is 18.4 Å². The summed E-state index contributed by atoms with van der Waals surface area (Å²) in [6.45, 7) is 4.11. The molecule has 0 spiro atoms. The van der Waals surface area contributed by atoms with Gasteiger partial charge >= 0.3 is 0 Å². The van der Waals surface area contributed by atoms with Gasteiger partial charge in [-0.3, -0.25) is 14.2 Å². The van der Waals surface area contributed by atoms with Crippen LogP contribution in [0.25, 0.3) is 10.9 Å². The number of hydrogen-bond donors (Lipinski definition) is 1. The van der Waals surface area contributed by atoms with Crippen molar-refractivity contribution in [2.24, 2.45) is 7.05 Å². The van der Waals surface area contributed by atoms with Crippen molar-refractivity contribution >= 4 is 28.6 Å². The third-order valence-electron chi connectivity index (χ3n) is 4.49. The van der Waals surface area contributed by atoms with Gasteiger partial charge in [0, 0.05) is 19.2 Å². The summed E-state index contributed by atoms with van der Waals surface area (Å²) in [5.41, 5.74) is 2.44. The van der Waals surface area contributed by atoms with Gasteiger partial charge in [-0.05, 0) is 32.0 Å². The maximum atomic E-state index is 12.6. The first-order valence-electron chi connectivity index (χ1n) is 8.94. The molecule has 1 heterocycles. The number of carbonyl (C=O) groups is 1. The highest BCUT2D eigenvalue weighted by atomic mass is 32.2. The Balaban J connectivity index is 1.74. The normalized spacial score (nSPS) is 12.0. The molecule has 0 saturated heterocycles. The minimum absolute atomic E-state index is 0.113. The number of hydrogen-bond acceptors (Lipinski definition) is 5. The minimum atomic E-state index is -0.407. The van der Waals surface area contributed by atoms with Crippen molar-refractivity contribution in [1.29, 1.82) is 0 Å². The van der Waals surface area contributed by atoms with E-state index in [4.69, 9.17) is 4.74 Å². The van der Waals surface area contributed by atoms with Gasteiger partial charge in [-0.25, -0.2) is 4.98 Å². The zero-order valence-corrected chi connectivity index (χ0v) is 17.2. The third-order valence-corrected chi connectivity index (χ3v) is 5.63. The van der Waals surface area contributed by atoms with Crippen LogP contribution in [0.5, 0.6) is 5.75 Å². The average molecular weight is 398 g/mol. The number of rotatable bonds is 6. The van der Waals surface area contributed by atoms with Crippen molar-refractivity contribution in [3.8, 4) is 5.75 Å².